The Balaban J connectivity index is 2.88. The standard InChI is InChI=1S/C5H5N3O2S/c1-10-8-4(2-9)5-7-6-3-11-5/h2-3H,1H3/b8-4+. The van der Waals surface area contributed by atoms with E-state index in [0.29, 0.717) is 11.3 Å². The van der Waals surface area contributed by atoms with Crippen molar-refractivity contribution in [3.8, 4) is 0 Å². The van der Waals surface area contributed by atoms with Crippen LogP contribution < -0.4 is 0 Å². The zero-order chi connectivity index (χ0) is 8.10. The van der Waals surface area contributed by atoms with Gasteiger partial charge in [0.1, 0.15) is 12.6 Å². The van der Waals surface area contributed by atoms with E-state index in [0.717, 1.165) is 0 Å². The average Bonchev–Trinajstić information content (AvgIpc) is 2.52. The molecule has 1 rings (SSSR count). The molecule has 0 aliphatic rings. The van der Waals surface area contributed by atoms with Gasteiger partial charge in [-0.05, 0) is 0 Å². The van der Waals surface area contributed by atoms with Crippen LogP contribution in [-0.4, -0.2) is 29.3 Å². The van der Waals surface area contributed by atoms with Crippen molar-refractivity contribution in [2.24, 2.45) is 5.16 Å². The number of hydrogen-bond donors (Lipinski definition) is 0. The molecule has 0 aliphatic heterocycles. The van der Waals surface area contributed by atoms with Crippen LogP contribution in [0.1, 0.15) is 5.01 Å². The largest absolute Gasteiger partial charge is 0.398 e. The minimum atomic E-state index is 0.162. The average molecular weight is 171 g/mol. The van der Waals surface area contributed by atoms with E-state index in [4.69, 9.17) is 0 Å². The highest BCUT2D eigenvalue weighted by Crippen LogP contribution is 2.01. The molecule has 6 heteroatoms. The molecule has 0 aromatic carbocycles. The maximum absolute atomic E-state index is 10.3. The quantitative estimate of drug-likeness (QED) is 0.367. The first-order valence-corrected chi connectivity index (χ1v) is 3.59. The zero-order valence-corrected chi connectivity index (χ0v) is 6.54. The van der Waals surface area contributed by atoms with Gasteiger partial charge in [-0.3, -0.25) is 4.79 Å². The first-order valence-electron chi connectivity index (χ1n) is 2.71. The van der Waals surface area contributed by atoms with Crippen LogP contribution in [0.25, 0.3) is 0 Å². The predicted octanol–water partition coefficient (Wildman–Crippen LogP) is 0.0875. The Morgan fingerprint density at radius 3 is 3.18 bits per heavy atom. The highest BCUT2D eigenvalue weighted by Gasteiger charge is 2.05. The fraction of sp³-hybridized carbons (Fsp3) is 0.200. The fourth-order valence-electron chi connectivity index (χ4n) is 0.494. The molecule has 58 valence electrons. The van der Waals surface area contributed by atoms with Crippen molar-refractivity contribution in [2.75, 3.05) is 7.11 Å². The molecular formula is C5H5N3O2S. The van der Waals surface area contributed by atoms with E-state index in [1.807, 2.05) is 0 Å². The third-order valence-corrected chi connectivity index (χ3v) is 1.59. The van der Waals surface area contributed by atoms with Gasteiger partial charge >= 0.3 is 0 Å². The summed E-state index contributed by atoms with van der Waals surface area (Å²) in [5, 5.41) is 11.1. The molecule has 0 spiro atoms. The normalized spacial score (nSPS) is 11.2. The Bertz CT molecular complexity index is 257. The second-order valence-corrected chi connectivity index (χ2v) is 2.35. The van der Waals surface area contributed by atoms with Crippen molar-refractivity contribution < 1.29 is 9.63 Å². The van der Waals surface area contributed by atoms with Crippen LogP contribution in [0.3, 0.4) is 0 Å². The molecule has 5 nitrogen and oxygen atoms in total. The Morgan fingerprint density at radius 2 is 2.73 bits per heavy atom. The Kier molecular flexibility index (Phi) is 2.67. The van der Waals surface area contributed by atoms with Crippen molar-refractivity contribution in [3.63, 3.8) is 0 Å². The first kappa shape index (κ1) is 7.80. The van der Waals surface area contributed by atoms with Crippen molar-refractivity contribution >= 4 is 23.3 Å². The Morgan fingerprint density at radius 1 is 1.91 bits per heavy atom. The van der Waals surface area contributed by atoms with Gasteiger partial charge in [0.05, 0.1) is 0 Å². The van der Waals surface area contributed by atoms with Crippen LogP contribution in [0.15, 0.2) is 10.7 Å². The molecule has 0 amide bonds. The number of nitrogens with zero attached hydrogens (tertiary/aromatic N) is 3. The van der Waals surface area contributed by atoms with Gasteiger partial charge in [0.25, 0.3) is 0 Å². The van der Waals surface area contributed by atoms with Crippen molar-refractivity contribution in [3.05, 3.63) is 10.5 Å². The van der Waals surface area contributed by atoms with Crippen molar-refractivity contribution in [1.29, 1.82) is 0 Å². The second-order valence-electron chi connectivity index (χ2n) is 1.52. The van der Waals surface area contributed by atoms with E-state index in [1.54, 1.807) is 0 Å². The lowest BCUT2D eigenvalue weighted by Crippen LogP contribution is -2.02. The molecule has 0 N–H and O–H groups in total. The molecule has 0 bridgehead atoms. The van der Waals surface area contributed by atoms with Crippen LogP contribution in [0.2, 0.25) is 0 Å². The minimum absolute atomic E-state index is 0.162. The van der Waals surface area contributed by atoms with Crippen LogP contribution >= 0.6 is 11.3 Å². The van der Waals surface area contributed by atoms with Crippen LogP contribution in [0, 0.1) is 0 Å². The Labute approximate surface area is 66.7 Å². The molecule has 0 radical (unpaired) electrons. The molecule has 0 aliphatic carbocycles. The van der Waals surface area contributed by atoms with E-state index < -0.39 is 0 Å². The summed E-state index contributed by atoms with van der Waals surface area (Å²) >= 11 is 1.23. The Hall–Kier alpha value is -1.30. The topological polar surface area (TPSA) is 64.4 Å². The van der Waals surface area contributed by atoms with Gasteiger partial charge in [0.15, 0.2) is 17.0 Å². The highest BCUT2D eigenvalue weighted by molar-refractivity contribution is 7.12. The van der Waals surface area contributed by atoms with E-state index in [1.165, 1.54) is 24.0 Å². The van der Waals surface area contributed by atoms with Crippen LogP contribution in [-0.2, 0) is 9.63 Å². The monoisotopic (exact) mass is 171 g/mol. The summed E-state index contributed by atoms with van der Waals surface area (Å²) < 4.78 is 0. The maximum atomic E-state index is 10.3. The number of carbonyl (C=O) groups excluding carboxylic acids is 1. The van der Waals surface area contributed by atoms with Gasteiger partial charge in [-0.2, -0.15) is 0 Å². The highest BCUT2D eigenvalue weighted by atomic mass is 32.1. The molecule has 1 heterocycles. The summed E-state index contributed by atoms with van der Waals surface area (Å²) in [5.74, 6) is 0. The molecule has 0 atom stereocenters. The van der Waals surface area contributed by atoms with Gasteiger partial charge in [-0.25, -0.2) is 0 Å². The molecule has 0 fully saturated rings. The molecule has 1 aromatic rings. The number of carbonyl (C=O) groups is 1. The first-order chi connectivity index (χ1) is 5.38. The van der Waals surface area contributed by atoms with Gasteiger partial charge in [-0.1, -0.05) is 16.5 Å². The van der Waals surface area contributed by atoms with E-state index in [9.17, 15) is 4.79 Å². The van der Waals surface area contributed by atoms with E-state index >= 15 is 0 Å². The van der Waals surface area contributed by atoms with Crippen molar-refractivity contribution in [2.45, 2.75) is 0 Å². The lowest BCUT2D eigenvalue weighted by Gasteiger charge is -1.88. The number of hydrogen-bond acceptors (Lipinski definition) is 6. The zero-order valence-electron chi connectivity index (χ0n) is 5.72. The summed E-state index contributed by atoms with van der Waals surface area (Å²) in [4.78, 5) is 14.7. The number of aldehydes is 1. The lowest BCUT2D eigenvalue weighted by atomic mass is 10.4. The third-order valence-electron chi connectivity index (χ3n) is 0.880. The number of aromatic nitrogens is 2. The maximum Gasteiger partial charge on any atom is 0.180 e. The minimum Gasteiger partial charge on any atom is -0.398 e. The van der Waals surface area contributed by atoms with E-state index in [-0.39, 0.29) is 5.71 Å². The fourth-order valence-corrected chi connectivity index (χ4v) is 0.989. The molecule has 1 aromatic heterocycles. The summed E-state index contributed by atoms with van der Waals surface area (Å²) in [7, 11) is 1.37. The summed E-state index contributed by atoms with van der Waals surface area (Å²) in [5.41, 5.74) is 1.68. The molecular weight excluding hydrogens is 166 g/mol. The van der Waals surface area contributed by atoms with Crippen LogP contribution in [0.5, 0.6) is 0 Å². The molecule has 0 saturated heterocycles. The number of rotatable bonds is 3. The smallest absolute Gasteiger partial charge is 0.180 e. The summed E-state index contributed by atoms with van der Waals surface area (Å²) in [6.07, 6.45) is 0.573. The van der Waals surface area contributed by atoms with Crippen LogP contribution in [0.4, 0.5) is 0 Å². The van der Waals surface area contributed by atoms with Gasteiger partial charge in [-0.15, -0.1) is 10.2 Å². The van der Waals surface area contributed by atoms with Gasteiger partial charge in [0, 0.05) is 0 Å². The summed E-state index contributed by atoms with van der Waals surface area (Å²) in [6, 6.07) is 0. The molecule has 11 heavy (non-hydrogen) atoms. The SMILES string of the molecule is CO/N=C(\C=O)c1nncs1. The second kappa shape index (κ2) is 3.77. The predicted molar refractivity (Wildman–Crippen MR) is 39.5 cm³/mol. The van der Waals surface area contributed by atoms with Gasteiger partial charge in [0.2, 0.25) is 0 Å². The molecule has 0 saturated carbocycles. The third kappa shape index (κ3) is 1.81. The molecule has 0 unspecified atom stereocenters. The lowest BCUT2D eigenvalue weighted by molar-refractivity contribution is -0.102. The summed E-state index contributed by atoms with van der Waals surface area (Å²) in [6.45, 7) is 0. The van der Waals surface area contributed by atoms with Crippen molar-refractivity contribution in [1.82, 2.24) is 10.2 Å². The van der Waals surface area contributed by atoms with Gasteiger partial charge < -0.3 is 4.84 Å². The van der Waals surface area contributed by atoms with E-state index in [2.05, 4.69) is 20.2 Å². The number of oxime groups is 1.